The number of fused-ring (bicyclic) bond motifs is 2. The van der Waals surface area contributed by atoms with Crippen LogP contribution in [-0.4, -0.2) is 56.8 Å². The fourth-order valence-electron chi connectivity index (χ4n) is 4.71. The maximum Gasteiger partial charge on any atom is 0.330 e. The van der Waals surface area contributed by atoms with Gasteiger partial charge in [0, 0.05) is 23.8 Å². The van der Waals surface area contributed by atoms with Gasteiger partial charge >= 0.3 is 5.69 Å². The topological polar surface area (TPSA) is 119 Å². The van der Waals surface area contributed by atoms with Crippen molar-refractivity contribution in [1.29, 1.82) is 5.26 Å². The molecule has 2 aliphatic heterocycles. The van der Waals surface area contributed by atoms with E-state index < -0.39 is 43.8 Å². The SMILES string of the molecule is CC[C@]12O[C@@H](n3cc(C)c(=O)[nH]c3=O)[C@@H](O[C@H]1C)C2OP(OCCC#N)N(C(C)C)C(C)C. The van der Waals surface area contributed by atoms with E-state index in [0.29, 0.717) is 12.0 Å². The number of aromatic amines is 1. The Morgan fingerprint density at radius 3 is 2.58 bits per heavy atom. The molecule has 1 aromatic heterocycles. The minimum Gasteiger partial charge on any atom is -0.365 e. The van der Waals surface area contributed by atoms with Gasteiger partial charge in [-0.05, 0) is 48.0 Å². The Morgan fingerprint density at radius 1 is 1.33 bits per heavy atom. The predicted molar refractivity (Wildman–Crippen MR) is 124 cm³/mol. The van der Waals surface area contributed by atoms with Gasteiger partial charge in [0.2, 0.25) is 0 Å². The van der Waals surface area contributed by atoms with E-state index in [0.717, 1.165) is 0 Å². The fraction of sp³-hybridized carbons (Fsp3) is 0.773. The van der Waals surface area contributed by atoms with Crippen molar-refractivity contribution < 1.29 is 18.5 Å². The zero-order valence-electron chi connectivity index (χ0n) is 20.4. The lowest BCUT2D eigenvalue weighted by atomic mass is 9.91. The summed E-state index contributed by atoms with van der Waals surface area (Å²) < 4.78 is 29.0. The van der Waals surface area contributed by atoms with Crippen LogP contribution in [0.3, 0.4) is 0 Å². The number of hydrogen-bond acceptors (Lipinski definition) is 8. The van der Waals surface area contributed by atoms with Crippen LogP contribution >= 0.6 is 8.53 Å². The van der Waals surface area contributed by atoms with Gasteiger partial charge in [0.25, 0.3) is 14.1 Å². The van der Waals surface area contributed by atoms with E-state index in [1.54, 1.807) is 6.92 Å². The molecule has 0 aliphatic carbocycles. The van der Waals surface area contributed by atoms with Crippen LogP contribution in [0.2, 0.25) is 0 Å². The highest BCUT2D eigenvalue weighted by atomic mass is 31.2. The third-order valence-corrected chi connectivity index (χ3v) is 8.40. The summed E-state index contributed by atoms with van der Waals surface area (Å²) in [7, 11) is -1.53. The average molecular weight is 483 g/mol. The van der Waals surface area contributed by atoms with Crippen LogP contribution < -0.4 is 11.2 Å². The Hall–Kier alpha value is -1.60. The summed E-state index contributed by atoms with van der Waals surface area (Å²) in [5.74, 6) is 0. The molecule has 0 saturated carbocycles. The van der Waals surface area contributed by atoms with E-state index in [-0.39, 0.29) is 31.2 Å². The summed E-state index contributed by atoms with van der Waals surface area (Å²) >= 11 is 0. The maximum atomic E-state index is 12.6. The van der Waals surface area contributed by atoms with E-state index in [1.165, 1.54) is 10.8 Å². The second-order valence-electron chi connectivity index (χ2n) is 9.11. The van der Waals surface area contributed by atoms with Gasteiger partial charge in [-0.2, -0.15) is 5.26 Å². The second kappa shape index (κ2) is 10.3. The highest BCUT2D eigenvalue weighted by Crippen LogP contribution is 2.57. The molecule has 3 heterocycles. The maximum absolute atomic E-state index is 12.6. The van der Waals surface area contributed by atoms with Crippen LogP contribution in [0.1, 0.15) is 66.2 Å². The van der Waals surface area contributed by atoms with Gasteiger partial charge in [0.1, 0.15) is 17.8 Å². The minimum atomic E-state index is -1.53. The van der Waals surface area contributed by atoms with Gasteiger partial charge in [0.15, 0.2) is 6.23 Å². The van der Waals surface area contributed by atoms with Gasteiger partial charge in [-0.3, -0.25) is 14.3 Å². The molecule has 2 saturated heterocycles. The number of nitriles is 1. The molecule has 1 N–H and O–H groups in total. The lowest BCUT2D eigenvalue weighted by Crippen LogP contribution is -2.47. The summed E-state index contributed by atoms with van der Waals surface area (Å²) in [4.78, 5) is 26.8. The van der Waals surface area contributed by atoms with Crippen LogP contribution in [0, 0.1) is 18.3 Å². The normalized spacial score (nSPS) is 29.8. The highest BCUT2D eigenvalue weighted by molar-refractivity contribution is 7.44. The molecule has 0 radical (unpaired) electrons. The molecule has 184 valence electrons. The smallest absolute Gasteiger partial charge is 0.330 e. The molecular weight excluding hydrogens is 447 g/mol. The zero-order valence-corrected chi connectivity index (χ0v) is 21.3. The molecule has 2 fully saturated rings. The molecule has 2 unspecified atom stereocenters. The molecule has 3 rings (SSSR count). The van der Waals surface area contributed by atoms with Crippen LogP contribution in [0.5, 0.6) is 0 Å². The molecule has 1 aromatic rings. The molecule has 0 aromatic carbocycles. The summed E-state index contributed by atoms with van der Waals surface area (Å²) in [6.45, 7) is 14.1. The molecule has 2 aliphatic rings. The largest absolute Gasteiger partial charge is 0.365 e. The van der Waals surface area contributed by atoms with E-state index in [2.05, 4.69) is 43.4 Å². The number of nitrogens with one attached hydrogen (secondary N) is 1. The summed E-state index contributed by atoms with van der Waals surface area (Å²) in [5, 5.41) is 8.98. The standard InChI is InChI=1S/C22H35N4O6P/c1-8-22-16(7)30-17(20(31-22)25-12-15(6)19(27)24-21(25)28)18(22)32-33(29-11-9-10-23)26(13(2)3)14(4)5/h12-14,16-18,20H,8-9,11H2,1-7H3,(H,24,27,28)/t16-,17-,18?,20+,22-,33?/m0/s1. The monoisotopic (exact) mass is 482 g/mol. The molecule has 10 nitrogen and oxygen atoms in total. The number of aryl methyl sites for hydroxylation is 1. The van der Waals surface area contributed by atoms with Crippen molar-refractivity contribution in [3.63, 3.8) is 0 Å². The summed E-state index contributed by atoms with van der Waals surface area (Å²) in [6.07, 6.45) is 0.322. The number of rotatable bonds is 10. The first kappa shape index (κ1) is 26.0. The van der Waals surface area contributed by atoms with Crippen LogP contribution in [-0.2, 0) is 18.5 Å². The average Bonchev–Trinajstić information content (AvgIpc) is 3.18. The summed E-state index contributed by atoms with van der Waals surface area (Å²) in [6, 6.07) is 2.40. The van der Waals surface area contributed by atoms with Crippen molar-refractivity contribution in [1.82, 2.24) is 14.2 Å². The molecule has 6 atom stereocenters. The third kappa shape index (κ3) is 4.81. The predicted octanol–water partition coefficient (Wildman–Crippen LogP) is 2.97. The van der Waals surface area contributed by atoms with Crippen molar-refractivity contribution in [2.24, 2.45) is 0 Å². The van der Waals surface area contributed by atoms with Gasteiger partial charge in [-0.1, -0.05) is 6.92 Å². The number of hydrogen-bond donors (Lipinski definition) is 1. The molecule has 0 amide bonds. The van der Waals surface area contributed by atoms with Crippen LogP contribution in [0.15, 0.2) is 15.8 Å². The lowest BCUT2D eigenvalue weighted by molar-refractivity contribution is -0.208. The van der Waals surface area contributed by atoms with Gasteiger partial charge < -0.3 is 18.5 Å². The Bertz CT molecular complexity index is 980. The minimum absolute atomic E-state index is 0.148. The Kier molecular flexibility index (Phi) is 8.15. The van der Waals surface area contributed by atoms with Gasteiger partial charge in [-0.15, -0.1) is 0 Å². The number of H-pyrrole nitrogens is 1. The van der Waals surface area contributed by atoms with Crippen LogP contribution in [0.25, 0.3) is 0 Å². The third-order valence-electron chi connectivity index (χ3n) is 6.29. The molecule has 0 spiro atoms. The van der Waals surface area contributed by atoms with Crippen molar-refractivity contribution in [2.45, 2.75) is 104 Å². The number of aromatic nitrogens is 2. The second-order valence-corrected chi connectivity index (χ2v) is 10.5. The van der Waals surface area contributed by atoms with Crippen molar-refractivity contribution in [3.05, 3.63) is 32.6 Å². The van der Waals surface area contributed by atoms with Crippen LogP contribution in [0.4, 0.5) is 0 Å². The number of nitrogens with zero attached hydrogens (tertiary/aromatic N) is 3. The van der Waals surface area contributed by atoms with E-state index in [1.807, 2.05) is 13.8 Å². The first-order valence-electron chi connectivity index (χ1n) is 11.5. The lowest BCUT2D eigenvalue weighted by Gasteiger charge is -2.39. The van der Waals surface area contributed by atoms with E-state index in [4.69, 9.17) is 23.8 Å². The van der Waals surface area contributed by atoms with Crippen molar-refractivity contribution >= 4 is 8.53 Å². The fourth-order valence-corrected chi connectivity index (χ4v) is 6.50. The summed E-state index contributed by atoms with van der Waals surface area (Å²) in [5.41, 5.74) is -1.35. The van der Waals surface area contributed by atoms with E-state index in [9.17, 15) is 9.59 Å². The Balaban J connectivity index is 1.97. The van der Waals surface area contributed by atoms with E-state index >= 15 is 0 Å². The van der Waals surface area contributed by atoms with Crippen molar-refractivity contribution in [2.75, 3.05) is 6.61 Å². The first-order chi connectivity index (χ1) is 15.6. The van der Waals surface area contributed by atoms with Gasteiger partial charge in [0.05, 0.1) is 25.2 Å². The Labute approximate surface area is 195 Å². The molecule has 2 bridgehead atoms. The first-order valence-corrected chi connectivity index (χ1v) is 12.6. The van der Waals surface area contributed by atoms with Gasteiger partial charge in [-0.25, -0.2) is 9.46 Å². The van der Waals surface area contributed by atoms with Crippen molar-refractivity contribution in [3.8, 4) is 6.07 Å². The number of ether oxygens (including phenoxy) is 2. The molecule has 11 heteroatoms. The molecule has 33 heavy (non-hydrogen) atoms. The zero-order chi connectivity index (χ0) is 24.5. The highest BCUT2D eigenvalue weighted by Gasteiger charge is 2.66. The quantitative estimate of drug-likeness (QED) is 0.399. The molecular formula is C22H35N4O6P. The Morgan fingerprint density at radius 2 is 2.00 bits per heavy atom.